The van der Waals surface area contributed by atoms with Crippen molar-refractivity contribution in [3.8, 4) is 17.2 Å². The summed E-state index contributed by atoms with van der Waals surface area (Å²) in [5, 5.41) is 10.3. The molecule has 0 amide bonds. The molecular weight excluding hydrogens is 434 g/mol. The van der Waals surface area contributed by atoms with E-state index in [1.165, 1.54) is 0 Å². The Morgan fingerprint density at radius 2 is 1.68 bits per heavy atom. The minimum Gasteiger partial charge on any atom is -0.497 e. The second kappa shape index (κ2) is 9.19. The van der Waals surface area contributed by atoms with Crippen LogP contribution in [0.3, 0.4) is 0 Å². The van der Waals surface area contributed by atoms with Crippen LogP contribution in [-0.4, -0.2) is 48.8 Å². The number of carboxylic acid groups (broad SMARTS) is 1. The monoisotopic (exact) mass is 459 g/mol. The first-order valence-corrected chi connectivity index (χ1v) is 11.1. The topological polar surface area (TPSA) is 85.3 Å². The fourth-order valence-electron chi connectivity index (χ4n) is 4.97. The highest BCUT2D eigenvalue weighted by molar-refractivity contribution is 5.97. The smallest absolute Gasteiger partial charge is 0.309 e. The Balaban J connectivity index is 1.53. The second-order valence-corrected chi connectivity index (χ2v) is 8.52. The highest BCUT2D eigenvalue weighted by Crippen LogP contribution is 2.47. The molecule has 3 aromatic rings. The van der Waals surface area contributed by atoms with Crippen LogP contribution in [0.4, 0.5) is 0 Å². The molecule has 0 saturated carbocycles. The van der Waals surface area contributed by atoms with Gasteiger partial charge in [-0.25, -0.2) is 0 Å². The number of rotatable bonds is 7. The third-order valence-electron chi connectivity index (χ3n) is 6.61. The minimum atomic E-state index is -0.904. The molecule has 2 aliphatic rings. The first kappa shape index (κ1) is 22.0. The molecular formula is C27H25NO6. The van der Waals surface area contributed by atoms with Crippen LogP contribution in [0.1, 0.15) is 33.4 Å². The number of carboxylic acids is 1. The number of ketones is 1. The predicted molar refractivity (Wildman–Crippen MR) is 125 cm³/mol. The van der Waals surface area contributed by atoms with Crippen molar-refractivity contribution < 1.29 is 28.9 Å². The van der Waals surface area contributed by atoms with E-state index in [-0.39, 0.29) is 25.0 Å². The molecule has 0 aromatic heterocycles. The number of fused-ring (bicyclic) bond motifs is 1. The zero-order valence-corrected chi connectivity index (χ0v) is 18.7. The van der Waals surface area contributed by atoms with Crippen molar-refractivity contribution in [1.29, 1.82) is 0 Å². The molecule has 7 nitrogen and oxygen atoms in total. The molecule has 3 atom stereocenters. The zero-order chi connectivity index (χ0) is 23.7. The highest BCUT2D eigenvalue weighted by atomic mass is 16.7. The standard InChI is InChI=1S/C27H25NO6/c1-32-20-10-7-18(8-11-20)26-25(27(30)31)21(19-9-12-23-24(13-19)34-16-33-23)14-28(26)15-22(29)17-5-3-2-4-6-17/h2-13,21,25-26H,14-16H2,1H3,(H,30,31)/t21?,25-,26+/m0/s1. The van der Waals surface area contributed by atoms with E-state index in [0.717, 1.165) is 11.1 Å². The van der Waals surface area contributed by atoms with E-state index in [0.29, 0.717) is 29.4 Å². The highest BCUT2D eigenvalue weighted by Gasteiger charge is 2.48. The average Bonchev–Trinajstić information content (AvgIpc) is 3.49. The number of carbonyl (C=O) groups excluding carboxylic acids is 1. The third kappa shape index (κ3) is 4.10. The van der Waals surface area contributed by atoms with Crippen molar-refractivity contribution in [2.75, 3.05) is 27.0 Å². The predicted octanol–water partition coefficient (Wildman–Crippen LogP) is 4.15. The number of hydrogen-bond donors (Lipinski definition) is 1. The lowest BCUT2D eigenvalue weighted by molar-refractivity contribution is -0.143. The van der Waals surface area contributed by atoms with Crippen LogP contribution < -0.4 is 14.2 Å². The Labute approximate surface area is 197 Å². The average molecular weight is 459 g/mol. The quantitative estimate of drug-likeness (QED) is 0.532. The van der Waals surface area contributed by atoms with Crippen LogP contribution >= 0.6 is 0 Å². The molecule has 2 heterocycles. The summed E-state index contributed by atoms with van der Waals surface area (Å²) in [5.41, 5.74) is 2.29. The molecule has 1 N–H and O–H groups in total. The van der Waals surface area contributed by atoms with Crippen molar-refractivity contribution in [2.45, 2.75) is 12.0 Å². The molecule has 5 rings (SSSR count). The number of hydrogen-bond acceptors (Lipinski definition) is 6. The van der Waals surface area contributed by atoms with E-state index in [4.69, 9.17) is 14.2 Å². The molecule has 1 saturated heterocycles. The van der Waals surface area contributed by atoms with E-state index < -0.39 is 17.9 Å². The van der Waals surface area contributed by atoms with Gasteiger partial charge in [0.25, 0.3) is 0 Å². The molecule has 0 spiro atoms. The van der Waals surface area contributed by atoms with Gasteiger partial charge in [-0.15, -0.1) is 0 Å². The van der Waals surface area contributed by atoms with Gasteiger partial charge < -0.3 is 19.3 Å². The third-order valence-corrected chi connectivity index (χ3v) is 6.61. The summed E-state index contributed by atoms with van der Waals surface area (Å²) in [5.74, 6) is -0.0847. The molecule has 0 radical (unpaired) electrons. The van der Waals surface area contributed by atoms with E-state index in [1.54, 1.807) is 19.2 Å². The van der Waals surface area contributed by atoms with Gasteiger partial charge in [0.05, 0.1) is 19.6 Å². The molecule has 2 aliphatic heterocycles. The number of Topliss-reactive ketones (excluding diaryl/α,β-unsaturated/α-hetero) is 1. The number of carbonyl (C=O) groups is 2. The first-order valence-electron chi connectivity index (χ1n) is 11.1. The number of nitrogens with zero attached hydrogens (tertiary/aromatic N) is 1. The lowest BCUT2D eigenvalue weighted by atomic mass is 9.82. The molecule has 1 fully saturated rings. The molecule has 34 heavy (non-hydrogen) atoms. The summed E-state index contributed by atoms with van der Waals surface area (Å²) in [6.07, 6.45) is 0. The SMILES string of the molecule is COc1ccc([C@@H]2[C@@H](C(=O)O)C(c3ccc4c(c3)OCO4)CN2CC(=O)c2ccccc2)cc1. The minimum absolute atomic E-state index is 0.0467. The van der Waals surface area contributed by atoms with Gasteiger partial charge in [-0.3, -0.25) is 14.5 Å². The van der Waals surface area contributed by atoms with E-state index in [9.17, 15) is 14.7 Å². The summed E-state index contributed by atoms with van der Waals surface area (Å²) in [6, 6.07) is 21.6. The molecule has 7 heteroatoms. The van der Waals surface area contributed by atoms with Crippen molar-refractivity contribution in [1.82, 2.24) is 4.90 Å². The van der Waals surface area contributed by atoms with Crippen molar-refractivity contribution in [2.24, 2.45) is 5.92 Å². The van der Waals surface area contributed by atoms with Crippen LogP contribution in [0.15, 0.2) is 72.8 Å². The fourth-order valence-corrected chi connectivity index (χ4v) is 4.97. The summed E-state index contributed by atoms with van der Waals surface area (Å²) < 4.78 is 16.2. The van der Waals surface area contributed by atoms with E-state index in [1.807, 2.05) is 65.6 Å². The van der Waals surface area contributed by atoms with Gasteiger partial charge >= 0.3 is 5.97 Å². The van der Waals surface area contributed by atoms with Crippen LogP contribution in [-0.2, 0) is 4.79 Å². The molecule has 0 aliphatic carbocycles. The van der Waals surface area contributed by atoms with Gasteiger partial charge in [-0.1, -0.05) is 48.5 Å². The Bertz CT molecular complexity index is 1190. The summed E-state index contributed by atoms with van der Waals surface area (Å²) in [6.45, 7) is 0.690. The largest absolute Gasteiger partial charge is 0.497 e. The normalized spacial score (nSPS) is 21.4. The number of likely N-dealkylation sites (tertiary alicyclic amines) is 1. The second-order valence-electron chi connectivity index (χ2n) is 8.52. The van der Waals surface area contributed by atoms with Crippen LogP contribution in [0, 0.1) is 5.92 Å². The Morgan fingerprint density at radius 1 is 0.971 bits per heavy atom. The van der Waals surface area contributed by atoms with Gasteiger partial charge in [0.15, 0.2) is 17.3 Å². The summed E-state index contributed by atoms with van der Waals surface area (Å²) in [7, 11) is 1.59. The molecule has 3 aromatic carbocycles. The van der Waals surface area contributed by atoms with Crippen molar-refractivity contribution in [3.05, 3.63) is 89.5 Å². The van der Waals surface area contributed by atoms with Gasteiger partial charge in [0.2, 0.25) is 6.79 Å². The Kier molecular flexibility index (Phi) is 5.94. The molecule has 0 bridgehead atoms. The number of aliphatic carboxylic acids is 1. The van der Waals surface area contributed by atoms with Gasteiger partial charge in [0, 0.05) is 24.1 Å². The maximum Gasteiger partial charge on any atom is 0.309 e. The van der Waals surface area contributed by atoms with E-state index >= 15 is 0 Å². The van der Waals surface area contributed by atoms with Gasteiger partial charge in [0.1, 0.15) is 5.75 Å². The van der Waals surface area contributed by atoms with E-state index in [2.05, 4.69) is 0 Å². The number of benzene rings is 3. The summed E-state index contributed by atoms with van der Waals surface area (Å²) >= 11 is 0. The van der Waals surface area contributed by atoms with Gasteiger partial charge in [-0.2, -0.15) is 0 Å². The van der Waals surface area contributed by atoms with Gasteiger partial charge in [-0.05, 0) is 35.4 Å². The van der Waals surface area contributed by atoms with Crippen LogP contribution in [0.25, 0.3) is 0 Å². The lowest BCUT2D eigenvalue weighted by Gasteiger charge is -2.27. The maximum atomic E-state index is 13.1. The van der Waals surface area contributed by atoms with Crippen molar-refractivity contribution >= 4 is 11.8 Å². The Hall–Kier alpha value is -3.84. The fraction of sp³-hybridized carbons (Fsp3) is 0.259. The molecule has 1 unspecified atom stereocenters. The maximum absolute atomic E-state index is 13.1. The lowest BCUT2D eigenvalue weighted by Crippen LogP contribution is -2.32. The molecule has 174 valence electrons. The zero-order valence-electron chi connectivity index (χ0n) is 18.7. The van der Waals surface area contributed by atoms with Crippen LogP contribution in [0.5, 0.6) is 17.2 Å². The number of methoxy groups -OCH3 is 1. The Morgan fingerprint density at radius 3 is 2.38 bits per heavy atom. The summed E-state index contributed by atoms with van der Waals surface area (Å²) in [4.78, 5) is 27.7. The van der Waals surface area contributed by atoms with Crippen LogP contribution in [0.2, 0.25) is 0 Å². The number of ether oxygens (including phenoxy) is 3. The van der Waals surface area contributed by atoms with Crippen molar-refractivity contribution in [3.63, 3.8) is 0 Å². The first-order chi connectivity index (χ1) is 16.5.